The minimum absolute atomic E-state index is 0. The lowest BCUT2D eigenvalue weighted by atomic mass is 9.93. The molecule has 0 spiro atoms. The van der Waals surface area contributed by atoms with Crippen LogP contribution in [0.3, 0.4) is 0 Å². The third kappa shape index (κ3) is 3.33. The molecule has 0 bridgehead atoms. The minimum Gasteiger partial charge on any atom is -0.324 e. The average Bonchev–Trinajstić information content (AvgIpc) is 2.20. The predicted octanol–water partition coefficient (Wildman–Crippen LogP) is 3.95. The van der Waals surface area contributed by atoms with E-state index < -0.39 is 5.82 Å². The van der Waals surface area contributed by atoms with Gasteiger partial charge in [0.25, 0.3) is 0 Å². The first-order valence-corrected chi connectivity index (χ1v) is 5.15. The largest absolute Gasteiger partial charge is 0.324 e. The number of benzene rings is 1. The van der Waals surface area contributed by atoms with Crippen LogP contribution in [0.2, 0.25) is 5.02 Å². The summed E-state index contributed by atoms with van der Waals surface area (Å²) in [5, 5.41) is 0.153. The third-order valence-corrected chi connectivity index (χ3v) is 3.00. The summed E-state index contributed by atoms with van der Waals surface area (Å²) in [6.45, 7) is 4.09. The molecule has 0 saturated carbocycles. The first-order valence-electron chi connectivity index (χ1n) is 4.77. The molecule has 0 radical (unpaired) electrons. The van der Waals surface area contributed by atoms with E-state index in [0.29, 0.717) is 11.5 Å². The van der Waals surface area contributed by atoms with Gasteiger partial charge in [0.2, 0.25) is 0 Å². The molecule has 0 heterocycles. The average molecular weight is 252 g/mol. The lowest BCUT2D eigenvalue weighted by Crippen LogP contribution is -2.19. The van der Waals surface area contributed by atoms with Gasteiger partial charge in [-0.3, -0.25) is 0 Å². The normalized spacial score (nSPS) is 14.2. The zero-order valence-electron chi connectivity index (χ0n) is 8.84. The first kappa shape index (κ1) is 14.7. The Kier molecular flexibility index (Phi) is 6.18. The minimum atomic E-state index is -0.400. The van der Waals surface area contributed by atoms with Gasteiger partial charge in [0.15, 0.2) is 0 Å². The van der Waals surface area contributed by atoms with E-state index in [1.165, 1.54) is 6.07 Å². The zero-order valence-corrected chi connectivity index (χ0v) is 10.4. The smallest absolute Gasteiger partial charge is 0.142 e. The second-order valence-corrected chi connectivity index (χ2v) is 3.93. The monoisotopic (exact) mass is 251 g/mol. The maximum absolute atomic E-state index is 13.1. The lowest BCUT2D eigenvalue weighted by molar-refractivity contribution is 0.455. The SMILES string of the molecule is CCC(C)[C@H](N)c1cccc(F)c1Cl.Cl. The van der Waals surface area contributed by atoms with Crippen molar-refractivity contribution in [3.8, 4) is 0 Å². The number of hydrogen-bond donors (Lipinski definition) is 1. The van der Waals surface area contributed by atoms with Gasteiger partial charge in [0.1, 0.15) is 5.82 Å². The second kappa shape index (κ2) is 6.31. The highest BCUT2D eigenvalue weighted by Crippen LogP contribution is 2.29. The van der Waals surface area contributed by atoms with Gasteiger partial charge in [0, 0.05) is 6.04 Å². The Morgan fingerprint density at radius 2 is 2.07 bits per heavy atom. The molecule has 15 heavy (non-hydrogen) atoms. The van der Waals surface area contributed by atoms with Crippen molar-refractivity contribution in [2.45, 2.75) is 26.3 Å². The Hall–Kier alpha value is -0.310. The van der Waals surface area contributed by atoms with Crippen molar-refractivity contribution in [2.75, 3.05) is 0 Å². The Morgan fingerprint density at radius 3 is 2.60 bits per heavy atom. The Labute approximate surface area is 101 Å². The van der Waals surface area contributed by atoms with E-state index >= 15 is 0 Å². The molecule has 86 valence electrons. The molecule has 2 atom stereocenters. The summed E-state index contributed by atoms with van der Waals surface area (Å²) >= 11 is 5.83. The van der Waals surface area contributed by atoms with Crippen LogP contribution in [0.25, 0.3) is 0 Å². The third-order valence-electron chi connectivity index (χ3n) is 2.60. The van der Waals surface area contributed by atoms with Crippen LogP contribution in [0.4, 0.5) is 4.39 Å². The first-order chi connectivity index (χ1) is 6.57. The van der Waals surface area contributed by atoms with Crippen molar-refractivity contribution in [3.05, 3.63) is 34.6 Å². The summed E-state index contributed by atoms with van der Waals surface area (Å²) < 4.78 is 13.1. The summed E-state index contributed by atoms with van der Waals surface area (Å²) in [5.41, 5.74) is 6.66. The van der Waals surface area contributed by atoms with E-state index in [4.69, 9.17) is 17.3 Å². The van der Waals surface area contributed by atoms with Crippen LogP contribution in [-0.2, 0) is 0 Å². The van der Waals surface area contributed by atoms with Crippen LogP contribution in [0, 0.1) is 11.7 Å². The topological polar surface area (TPSA) is 26.0 Å². The van der Waals surface area contributed by atoms with Crippen LogP contribution < -0.4 is 5.73 Å². The number of halogens is 3. The molecule has 0 aliphatic carbocycles. The van der Waals surface area contributed by atoms with Crippen molar-refractivity contribution in [3.63, 3.8) is 0 Å². The molecular formula is C11H16Cl2FN. The van der Waals surface area contributed by atoms with Crippen LogP contribution in [-0.4, -0.2) is 0 Å². The fraction of sp³-hybridized carbons (Fsp3) is 0.455. The van der Waals surface area contributed by atoms with E-state index in [1.807, 2.05) is 6.92 Å². The van der Waals surface area contributed by atoms with Crippen molar-refractivity contribution < 1.29 is 4.39 Å². The van der Waals surface area contributed by atoms with Crippen molar-refractivity contribution in [1.82, 2.24) is 0 Å². The molecule has 0 aromatic heterocycles. The van der Waals surface area contributed by atoms with Crippen LogP contribution >= 0.6 is 24.0 Å². The molecule has 1 aromatic carbocycles. The summed E-state index contributed by atoms with van der Waals surface area (Å²) in [6, 6.07) is 4.57. The molecule has 0 saturated heterocycles. The highest BCUT2D eigenvalue weighted by atomic mass is 35.5. The quantitative estimate of drug-likeness (QED) is 0.866. The standard InChI is InChI=1S/C11H15ClFN.ClH/c1-3-7(2)11(14)8-5-4-6-9(13)10(8)12;/h4-7,11H,3,14H2,1-2H3;1H/t7?,11-;/m0./s1. The van der Waals surface area contributed by atoms with E-state index in [2.05, 4.69) is 6.92 Å². The molecule has 0 aliphatic heterocycles. The van der Waals surface area contributed by atoms with Crippen molar-refractivity contribution in [1.29, 1.82) is 0 Å². The van der Waals surface area contributed by atoms with Crippen LogP contribution in [0.1, 0.15) is 31.9 Å². The van der Waals surface area contributed by atoms with Gasteiger partial charge in [-0.2, -0.15) is 0 Å². The number of nitrogens with two attached hydrogens (primary N) is 1. The highest BCUT2D eigenvalue weighted by molar-refractivity contribution is 6.31. The maximum atomic E-state index is 13.1. The van der Waals surface area contributed by atoms with E-state index in [0.717, 1.165) is 6.42 Å². The molecule has 1 nitrogen and oxygen atoms in total. The molecule has 1 aromatic rings. The van der Waals surface area contributed by atoms with Gasteiger partial charge >= 0.3 is 0 Å². The van der Waals surface area contributed by atoms with Gasteiger partial charge in [0.05, 0.1) is 5.02 Å². The van der Waals surface area contributed by atoms with Gasteiger partial charge in [-0.15, -0.1) is 12.4 Å². The fourth-order valence-electron chi connectivity index (χ4n) is 1.34. The summed E-state index contributed by atoms with van der Waals surface area (Å²) in [4.78, 5) is 0. The maximum Gasteiger partial charge on any atom is 0.142 e. The zero-order chi connectivity index (χ0) is 10.7. The molecule has 2 N–H and O–H groups in total. The predicted molar refractivity (Wildman–Crippen MR) is 65.0 cm³/mol. The van der Waals surface area contributed by atoms with Crippen molar-refractivity contribution >= 4 is 24.0 Å². The number of hydrogen-bond acceptors (Lipinski definition) is 1. The Bertz CT molecular complexity index is 317. The van der Waals surface area contributed by atoms with E-state index in [1.54, 1.807) is 12.1 Å². The Balaban J connectivity index is 0.00000196. The van der Waals surface area contributed by atoms with Gasteiger partial charge in [-0.05, 0) is 17.5 Å². The van der Waals surface area contributed by atoms with Gasteiger partial charge in [-0.25, -0.2) is 4.39 Å². The number of rotatable bonds is 3. The van der Waals surface area contributed by atoms with E-state index in [9.17, 15) is 4.39 Å². The molecule has 1 rings (SSSR count). The summed E-state index contributed by atoms with van der Waals surface area (Å²) in [5.74, 6) is -0.0998. The summed E-state index contributed by atoms with van der Waals surface area (Å²) in [7, 11) is 0. The molecule has 0 fully saturated rings. The molecular weight excluding hydrogens is 236 g/mol. The molecule has 1 unspecified atom stereocenters. The molecule has 0 amide bonds. The second-order valence-electron chi connectivity index (χ2n) is 3.55. The Morgan fingerprint density at radius 1 is 1.47 bits per heavy atom. The molecule has 4 heteroatoms. The molecule has 0 aliphatic rings. The van der Waals surface area contributed by atoms with Crippen molar-refractivity contribution in [2.24, 2.45) is 11.7 Å². The van der Waals surface area contributed by atoms with Crippen LogP contribution in [0.15, 0.2) is 18.2 Å². The highest BCUT2D eigenvalue weighted by Gasteiger charge is 2.17. The fourth-order valence-corrected chi connectivity index (χ4v) is 1.59. The van der Waals surface area contributed by atoms with Gasteiger partial charge < -0.3 is 5.73 Å². The van der Waals surface area contributed by atoms with Crippen LogP contribution in [0.5, 0.6) is 0 Å². The lowest BCUT2D eigenvalue weighted by Gasteiger charge is -2.19. The van der Waals surface area contributed by atoms with Gasteiger partial charge in [-0.1, -0.05) is 44.0 Å². The summed E-state index contributed by atoms with van der Waals surface area (Å²) in [6.07, 6.45) is 0.952. The van der Waals surface area contributed by atoms with E-state index in [-0.39, 0.29) is 23.5 Å².